The van der Waals surface area contributed by atoms with Gasteiger partial charge in [0.05, 0.1) is 4.08 Å². The van der Waals surface area contributed by atoms with Crippen molar-refractivity contribution in [1.29, 1.82) is 0 Å². The van der Waals surface area contributed by atoms with Crippen LogP contribution >= 0.6 is 11.8 Å². The minimum Gasteiger partial charge on any atom is -0.258 e. The molecule has 3 heteroatoms. The van der Waals surface area contributed by atoms with Crippen molar-refractivity contribution in [3.63, 3.8) is 0 Å². The average Bonchev–Trinajstić information content (AvgIpc) is 2.27. The fourth-order valence-corrected chi connectivity index (χ4v) is 3.49. The third-order valence-electron chi connectivity index (χ3n) is 3.27. The summed E-state index contributed by atoms with van der Waals surface area (Å²) in [6.07, 6.45) is 14.3. The number of unbranched alkanes of at least 4 members (excludes halogenated alkanes) is 6. The fourth-order valence-electron chi connectivity index (χ4n) is 1.77. The van der Waals surface area contributed by atoms with Crippen LogP contribution in [0.25, 0.3) is 0 Å². The summed E-state index contributed by atoms with van der Waals surface area (Å²) in [5.74, 6) is 0. The molecule has 0 rings (SSSR count). The van der Waals surface area contributed by atoms with Crippen molar-refractivity contribution in [2.24, 2.45) is 0 Å². The Hall–Kier alpha value is 0.500. The molecule has 0 aromatic carbocycles. The van der Waals surface area contributed by atoms with Crippen molar-refractivity contribution < 1.29 is 4.21 Å². The molecule has 0 saturated carbocycles. The minimum absolute atomic E-state index is 0.0244. The first-order valence-electron chi connectivity index (χ1n) is 6.45. The van der Waals surface area contributed by atoms with Crippen LogP contribution in [0.15, 0.2) is 0 Å². The first-order valence-corrected chi connectivity index (χ1v) is 9.23. The Morgan fingerprint density at radius 3 is 2.00 bits per heavy atom. The van der Waals surface area contributed by atoms with Gasteiger partial charge in [0.1, 0.15) is 0 Å². The molecule has 0 aliphatic rings. The van der Waals surface area contributed by atoms with Crippen molar-refractivity contribution >= 4 is 22.6 Å². The summed E-state index contributed by atoms with van der Waals surface area (Å²) in [5, 5.41) is 0. The first kappa shape index (κ1) is 16.5. The van der Waals surface area contributed by atoms with Crippen molar-refractivity contribution in [2.75, 3.05) is 12.5 Å². The van der Waals surface area contributed by atoms with Crippen LogP contribution in [-0.4, -0.2) is 20.8 Å². The molecule has 0 aliphatic carbocycles. The molecule has 0 aromatic heterocycles. The van der Waals surface area contributed by atoms with E-state index in [-0.39, 0.29) is 4.08 Å². The summed E-state index contributed by atoms with van der Waals surface area (Å²) in [4.78, 5) is 0. The molecule has 2 unspecified atom stereocenters. The Balaban J connectivity index is 3.53. The second-order valence-electron chi connectivity index (χ2n) is 4.66. The lowest BCUT2D eigenvalue weighted by molar-refractivity contribution is 0.563. The Morgan fingerprint density at radius 1 is 1.06 bits per heavy atom. The van der Waals surface area contributed by atoms with E-state index in [1.54, 1.807) is 11.8 Å². The molecule has 0 N–H and O–H groups in total. The predicted octanol–water partition coefficient (Wildman–Crippen LogP) is 4.58. The second kappa shape index (κ2) is 9.52. The summed E-state index contributed by atoms with van der Waals surface area (Å²) >= 11 is 1.75. The maximum Gasteiger partial charge on any atom is 0.0875 e. The molecule has 2 atom stereocenters. The highest BCUT2D eigenvalue weighted by Gasteiger charge is 2.26. The molecule has 0 aliphatic heterocycles. The van der Waals surface area contributed by atoms with Crippen molar-refractivity contribution in [3.8, 4) is 0 Å². The van der Waals surface area contributed by atoms with Crippen LogP contribution in [0, 0.1) is 0 Å². The van der Waals surface area contributed by atoms with Crippen molar-refractivity contribution in [2.45, 2.75) is 69.3 Å². The van der Waals surface area contributed by atoms with Gasteiger partial charge in [-0.2, -0.15) is 0 Å². The summed E-state index contributed by atoms with van der Waals surface area (Å²) in [5.41, 5.74) is 0. The van der Waals surface area contributed by atoms with Crippen LogP contribution < -0.4 is 0 Å². The minimum atomic E-state index is -0.716. The van der Waals surface area contributed by atoms with Crippen molar-refractivity contribution in [3.05, 3.63) is 0 Å². The number of hydrogen-bond acceptors (Lipinski definition) is 2. The number of thioether (sulfide) groups is 1. The lowest BCUT2D eigenvalue weighted by atomic mass is 10.1. The Morgan fingerprint density at radius 2 is 1.56 bits per heavy atom. The maximum atomic E-state index is 11.6. The van der Waals surface area contributed by atoms with E-state index in [4.69, 9.17) is 0 Å². The fraction of sp³-hybridized carbons (Fsp3) is 1.00. The maximum absolute atomic E-state index is 11.6. The summed E-state index contributed by atoms with van der Waals surface area (Å²) < 4.78 is 11.6. The third-order valence-corrected chi connectivity index (χ3v) is 6.97. The zero-order valence-electron chi connectivity index (χ0n) is 11.4. The van der Waals surface area contributed by atoms with Gasteiger partial charge >= 0.3 is 0 Å². The molecule has 0 saturated heterocycles. The molecule has 0 aromatic rings. The van der Waals surface area contributed by atoms with E-state index in [1.165, 1.54) is 44.9 Å². The lowest BCUT2D eigenvalue weighted by Crippen LogP contribution is -2.25. The first-order chi connectivity index (χ1) is 7.56. The molecule has 0 spiro atoms. The largest absolute Gasteiger partial charge is 0.258 e. The molecule has 0 amide bonds. The van der Waals surface area contributed by atoms with Gasteiger partial charge < -0.3 is 0 Å². The summed E-state index contributed by atoms with van der Waals surface area (Å²) in [6, 6.07) is 0. The van der Waals surface area contributed by atoms with Gasteiger partial charge in [-0.1, -0.05) is 51.9 Å². The molecule has 0 radical (unpaired) electrons. The standard InChI is InChI=1S/C13H28OS2/c1-5-6-7-8-9-10-11-12-13(2,15-3)16(4)14/h5-12H2,1-4H3. The highest BCUT2D eigenvalue weighted by atomic mass is 32.2. The molecule has 98 valence electrons. The van der Waals surface area contributed by atoms with Crippen LogP contribution in [0.1, 0.15) is 65.2 Å². The molecule has 0 fully saturated rings. The quantitative estimate of drug-likeness (QED) is 0.537. The van der Waals surface area contributed by atoms with Crippen LogP contribution in [0.4, 0.5) is 0 Å². The summed E-state index contributed by atoms with van der Waals surface area (Å²) in [7, 11) is -0.716. The zero-order chi connectivity index (χ0) is 12.4. The SMILES string of the molecule is CCCCCCCCCC(C)(SC)S(C)=O. The Bertz CT molecular complexity index is 194. The monoisotopic (exact) mass is 264 g/mol. The Labute approximate surface area is 109 Å². The molecular weight excluding hydrogens is 236 g/mol. The van der Waals surface area contributed by atoms with Crippen molar-refractivity contribution in [1.82, 2.24) is 0 Å². The molecule has 0 heterocycles. The normalized spacial score (nSPS) is 17.0. The topological polar surface area (TPSA) is 17.1 Å². The van der Waals surface area contributed by atoms with E-state index in [1.807, 2.05) is 6.26 Å². The third kappa shape index (κ3) is 6.95. The number of rotatable bonds is 10. The smallest absolute Gasteiger partial charge is 0.0875 e. The van der Waals surface area contributed by atoms with E-state index in [0.717, 1.165) is 6.42 Å². The summed E-state index contributed by atoms with van der Waals surface area (Å²) in [6.45, 7) is 4.38. The van der Waals surface area contributed by atoms with E-state index < -0.39 is 10.8 Å². The van der Waals surface area contributed by atoms with Gasteiger partial charge in [-0.05, 0) is 19.6 Å². The van der Waals surface area contributed by atoms with Crippen LogP contribution in [0.3, 0.4) is 0 Å². The highest BCUT2D eigenvalue weighted by molar-refractivity contribution is 8.11. The predicted molar refractivity (Wildman–Crippen MR) is 78.6 cm³/mol. The van der Waals surface area contributed by atoms with Crippen LogP contribution in [0.5, 0.6) is 0 Å². The zero-order valence-corrected chi connectivity index (χ0v) is 13.0. The van der Waals surface area contributed by atoms with Gasteiger partial charge in [0.2, 0.25) is 0 Å². The van der Waals surface area contributed by atoms with Gasteiger partial charge in [0.25, 0.3) is 0 Å². The van der Waals surface area contributed by atoms with Gasteiger partial charge in [-0.3, -0.25) is 4.21 Å². The Kier molecular flexibility index (Phi) is 9.82. The van der Waals surface area contributed by atoms with Crippen LogP contribution in [-0.2, 0) is 10.8 Å². The van der Waals surface area contributed by atoms with Gasteiger partial charge in [0.15, 0.2) is 0 Å². The number of hydrogen-bond donors (Lipinski definition) is 0. The highest BCUT2D eigenvalue weighted by Crippen LogP contribution is 2.31. The second-order valence-corrected chi connectivity index (χ2v) is 8.04. The molecular formula is C13H28OS2. The average molecular weight is 264 g/mol. The lowest BCUT2D eigenvalue weighted by Gasteiger charge is -2.24. The van der Waals surface area contributed by atoms with E-state index in [2.05, 4.69) is 20.1 Å². The van der Waals surface area contributed by atoms with E-state index >= 15 is 0 Å². The molecule has 16 heavy (non-hydrogen) atoms. The van der Waals surface area contributed by atoms with E-state index in [0.29, 0.717) is 0 Å². The van der Waals surface area contributed by atoms with Gasteiger partial charge in [-0.15, -0.1) is 11.8 Å². The van der Waals surface area contributed by atoms with Crippen LogP contribution in [0.2, 0.25) is 0 Å². The van der Waals surface area contributed by atoms with Gasteiger partial charge in [0, 0.05) is 17.1 Å². The van der Waals surface area contributed by atoms with E-state index in [9.17, 15) is 4.21 Å². The van der Waals surface area contributed by atoms with Gasteiger partial charge in [-0.25, -0.2) is 0 Å². The molecule has 0 bridgehead atoms. The molecule has 1 nitrogen and oxygen atoms in total.